The maximum absolute atomic E-state index is 11.3. The van der Waals surface area contributed by atoms with Gasteiger partial charge in [-0.05, 0) is 29.3 Å². The fourth-order valence-electron chi connectivity index (χ4n) is 1.15. The van der Waals surface area contributed by atoms with Crippen molar-refractivity contribution in [3.63, 3.8) is 0 Å². The summed E-state index contributed by atoms with van der Waals surface area (Å²) in [6.07, 6.45) is 1.28. The summed E-state index contributed by atoms with van der Waals surface area (Å²) in [6.45, 7) is 0. The van der Waals surface area contributed by atoms with Crippen LogP contribution >= 0.6 is 0 Å². The molecule has 0 saturated heterocycles. The van der Waals surface area contributed by atoms with Gasteiger partial charge < -0.3 is 9.54 Å². The van der Waals surface area contributed by atoms with E-state index in [1.807, 2.05) is 0 Å². The molecule has 15 heavy (non-hydrogen) atoms. The topological polar surface area (TPSA) is 85.9 Å². The summed E-state index contributed by atoms with van der Waals surface area (Å²) in [6, 6.07) is 4.19. The van der Waals surface area contributed by atoms with Gasteiger partial charge in [-0.1, -0.05) is 0 Å². The van der Waals surface area contributed by atoms with Gasteiger partial charge >= 0.3 is 29.6 Å². The number of H-pyrrole nitrogens is 1. The largest absolute Gasteiger partial charge is 1.00 e. The molecule has 1 N–H and O–H groups in total. The van der Waals surface area contributed by atoms with Crippen LogP contribution in [0.5, 0.6) is 0 Å². The summed E-state index contributed by atoms with van der Waals surface area (Å²) in [5.41, 5.74) is 0.130. The second kappa shape index (κ2) is 5.00. The first-order valence-corrected chi connectivity index (χ1v) is 4.83. The van der Waals surface area contributed by atoms with E-state index in [2.05, 4.69) is 9.97 Å². The Balaban J connectivity index is 0.00000112. The molecule has 2 aromatic rings. The van der Waals surface area contributed by atoms with Gasteiger partial charge in [0, 0.05) is 4.90 Å². The van der Waals surface area contributed by atoms with E-state index in [0.29, 0.717) is 5.52 Å². The summed E-state index contributed by atoms with van der Waals surface area (Å²) < 4.78 is 21.2. The molecule has 0 aliphatic heterocycles. The molecule has 0 amide bonds. The number of benzene rings is 1. The molecule has 0 aliphatic rings. The maximum Gasteiger partial charge on any atom is 1.00 e. The van der Waals surface area contributed by atoms with Gasteiger partial charge in [-0.15, -0.1) is 0 Å². The van der Waals surface area contributed by atoms with Crippen molar-refractivity contribution in [1.82, 2.24) is 9.97 Å². The predicted molar refractivity (Wildman–Crippen MR) is 49.5 cm³/mol. The molecule has 0 saturated carbocycles. The normalized spacial score (nSPS) is 12.1. The zero-order chi connectivity index (χ0) is 10.1. The fraction of sp³-hybridized carbons (Fsp3) is 0. The molecular formula is C8H5N2NaO3S. The van der Waals surface area contributed by atoms with Gasteiger partial charge in [0.25, 0.3) is 5.56 Å². The van der Waals surface area contributed by atoms with Gasteiger partial charge in [-0.3, -0.25) is 9.00 Å². The van der Waals surface area contributed by atoms with Crippen LogP contribution in [-0.2, 0) is 11.1 Å². The van der Waals surface area contributed by atoms with Crippen LogP contribution < -0.4 is 35.1 Å². The molecule has 0 fully saturated rings. The van der Waals surface area contributed by atoms with E-state index < -0.39 is 11.1 Å². The second-order valence-electron chi connectivity index (χ2n) is 2.65. The number of aromatic amines is 1. The number of fused-ring (bicyclic) bond motifs is 1. The molecular weight excluding hydrogens is 227 g/mol. The minimum absolute atomic E-state index is 0. The Labute approximate surface area is 110 Å². The molecule has 2 rings (SSSR count). The summed E-state index contributed by atoms with van der Waals surface area (Å²) in [5, 5.41) is 0.272. The Kier molecular flexibility index (Phi) is 4.18. The van der Waals surface area contributed by atoms with Gasteiger partial charge in [0.2, 0.25) is 0 Å². The van der Waals surface area contributed by atoms with E-state index in [4.69, 9.17) is 0 Å². The fourth-order valence-corrected chi connectivity index (χ4v) is 1.54. The number of nitrogens with one attached hydrogen (secondary N) is 1. The van der Waals surface area contributed by atoms with Crippen LogP contribution in [0.15, 0.2) is 34.2 Å². The molecule has 1 atom stereocenters. The van der Waals surface area contributed by atoms with Crippen molar-refractivity contribution in [3.8, 4) is 0 Å². The van der Waals surface area contributed by atoms with Gasteiger partial charge in [-0.25, -0.2) is 4.98 Å². The third kappa shape index (κ3) is 2.53. The van der Waals surface area contributed by atoms with Gasteiger partial charge in [0.05, 0.1) is 17.2 Å². The van der Waals surface area contributed by atoms with Crippen LogP contribution in [0.4, 0.5) is 0 Å². The zero-order valence-corrected chi connectivity index (χ0v) is 10.7. The van der Waals surface area contributed by atoms with E-state index >= 15 is 0 Å². The molecule has 1 heterocycles. The Bertz CT molecular complexity index is 569. The van der Waals surface area contributed by atoms with Crippen molar-refractivity contribution in [2.45, 2.75) is 4.90 Å². The molecule has 1 aromatic heterocycles. The minimum atomic E-state index is -2.32. The summed E-state index contributed by atoms with van der Waals surface area (Å²) >= 11 is -2.32. The third-order valence-corrected chi connectivity index (χ3v) is 2.44. The van der Waals surface area contributed by atoms with Crippen molar-refractivity contribution in [2.24, 2.45) is 0 Å². The number of nitrogens with zero attached hydrogens (tertiary/aromatic N) is 1. The van der Waals surface area contributed by atoms with E-state index in [1.54, 1.807) is 0 Å². The summed E-state index contributed by atoms with van der Waals surface area (Å²) in [5.74, 6) is 0. The first kappa shape index (κ1) is 12.5. The Morgan fingerprint density at radius 1 is 1.40 bits per heavy atom. The molecule has 5 nitrogen and oxygen atoms in total. The molecule has 0 spiro atoms. The molecule has 0 radical (unpaired) electrons. The molecule has 72 valence electrons. The van der Waals surface area contributed by atoms with Crippen LogP contribution in [0.2, 0.25) is 0 Å². The van der Waals surface area contributed by atoms with E-state index in [9.17, 15) is 13.6 Å². The SMILES string of the molecule is O=c1[nH]cnc2ccc(S(=O)[O-])cc12.[Na+]. The summed E-state index contributed by atoms with van der Waals surface area (Å²) in [4.78, 5) is 17.6. The first-order valence-electron chi connectivity index (χ1n) is 3.75. The number of rotatable bonds is 1. The Morgan fingerprint density at radius 3 is 2.80 bits per heavy atom. The second-order valence-corrected chi connectivity index (χ2v) is 3.59. The first-order chi connectivity index (χ1) is 6.68. The van der Waals surface area contributed by atoms with Crippen LogP contribution in [0, 0.1) is 0 Å². The minimum Gasteiger partial charge on any atom is -0.768 e. The van der Waals surface area contributed by atoms with Crippen LogP contribution in [0.25, 0.3) is 10.9 Å². The van der Waals surface area contributed by atoms with Crippen molar-refractivity contribution >= 4 is 22.0 Å². The monoisotopic (exact) mass is 232 g/mol. The Morgan fingerprint density at radius 2 is 2.13 bits per heavy atom. The number of hydrogen-bond donors (Lipinski definition) is 1. The third-order valence-electron chi connectivity index (χ3n) is 1.80. The van der Waals surface area contributed by atoms with Gasteiger partial charge in [0.15, 0.2) is 0 Å². The average Bonchev–Trinajstić information content (AvgIpc) is 2.18. The van der Waals surface area contributed by atoms with Crippen LogP contribution in [0.1, 0.15) is 0 Å². The predicted octanol–water partition coefficient (Wildman–Crippen LogP) is -2.83. The maximum atomic E-state index is 11.3. The number of aromatic nitrogens is 2. The van der Waals surface area contributed by atoms with Crippen molar-refractivity contribution in [2.75, 3.05) is 0 Å². The smallest absolute Gasteiger partial charge is 0.768 e. The molecule has 1 unspecified atom stereocenters. The van der Waals surface area contributed by atoms with E-state index in [0.717, 1.165) is 0 Å². The van der Waals surface area contributed by atoms with Gasteiger partial charge in [0.1, 0.15) is 0 Å². The molecule has 0 bridgehead atoms. The van der Waals surface area contributed by atoms with Crippen molar-refractivity contribution < 1.29 is 38.3 Å². The van der Waals surface area contributed by atoms with Crippen LogP contribution in [0.3, 0.4) is 0 Å². The van der Waals surface area contributed by atoms with E-state index in [-0.39, 0.29) is 45.4 Å². The van der Waals surface area contributed by atoms with Crippen molar-refractivity contribution in [1.29, 1.82) is 0 Å². The standard InChI is InChI=1S/C8H6N2O3S.Na/c11-8-6-3-5(14(12)13)1-2-7(6)9-4-10-8;/h1-4H,(H,12,13)(H,9,10,11);/q;+1/p-1. The molecule has 7 heteroatoms. The van der Waals surface area contributed by atoms with Gasteiger partial charge in [-0.2, -0.15) is 0 Å². The van der Waals surface area contributed by atoms with Crippen molar-refractivity contribution in [3.05, 3.63) is 34.9 Å². The van der Waals surface area contributed by atoms with E-state index in [1.165, 1.54) is 24.5 Å². The molecule has 1 aromatic carbocycles. The molecule has 0 aliphatic carbocycles. The van der Waals surface area contributed by atoms with Crippen LogP contribution in [-0.4, -0.2) is 18.7 Å². The summed E-state index contributed by atoms with van der Waals surface area (Å²) in [7, 11) is 0. The quantitative estimate of drug-likeness (QED) is 0.424. The Hall–Kier alpha value is -0.530. The number of hydrogen-bond acceptors (Lipinski definition) is 4. The zero-order valence-electron chi connectivity index (χ0n) is 7.89. The average molecular weight is 232 g/mol.